The molecule has 5 nitrogen and oxygen atoms in total. The maximum atomic E-state index is 11.6. The number of aryl methyl sites for hydroxylation is 2. The van der Waals surface area contributed by atoms with Crippen molar-refractivity contribution in [2.75, 3.05) is 13.2 Å². The summed E-state index contributed by atoms with van der Waals surface area (Å²) in [6, 6.07) is 0. The number of nitrogens with one attached hydrogen (secondary N) is 1. The molecule has 21 heavy (non-hydrogen) atoms. The van der Waals surface area contributed by atoms with E-state index in [-0.39, 0.29) is 37.8 Å². The summed E-state index contributed by atoms with van der Waals surface area (Å²) in [6.07, 6.45) is 1.13. The van der Waals surface area contributed by atoms with Crippen molar-refractivity contribution in [3.8, 4) is 0 Å². The zero-order chi connectivity index (χ0) is 15.1. The molecule has 0 saturated heterocycles. The first-order valence-electron chi connectivity index (χ1n) is 6.97. The van der Waals surface area contributed by atoms with Gasteiger partial charge in [0.2, 0.25) is 0 Å². The first-order valence-corrected chi connectivity index (χ1v) is 6.97. The molecular formula is C15H23NO4Zn. The van der Waals surface area contributed by atoms with Gasteiger partial charge in [0.15, 0.2) is 0 Å². The van der Waals surface area contributed by atoms with Crippen LogP contribution in [-0.4, -0.2) is 30.1 Å². The first kappa shape index (κ1) is 19.8. The molecule has 0 aromatic carbocycles. The summed E-state index contributed by atoms with van der Waals surface area (Å²) in [4.78, 5) is 26.3. The van der Waals surface area contributed by atoms with Crippen LogP contribution < -0.4 is 0 Å². The summed E-state index contributed by atoms with van der Waals surface area (Å²) >= 11 is 0. The maximum absolute atomic E-state index is 11.6. The molecule has 0 atom stereocenters. The topological polar surface area (TPSA) is 68.4 Å². The van der Waals surface area contributed by atoms with E-state index in [1.54, 1.807) is 13.8 Å². The Labute approximate surface area is 138 Å². The van der Waals surface area contributed by atoms with E-state index in [0.717, 1.165) is 22.5 Å². The number of hydrogen-bond donors (Lipinski definition) is 1. The molecule has 0 fully saturated rings. The van der Waals surface area contributed by atoms with Crippen LogP contribution in [0.2, 0.25) is 0 Å². The number of aromatic nitrogens is 1. The smallest absolute Gasteiger partial charge is 0.310 e. The number of H-pyrrole nitrogens is 1. The first-order chi connectivity index (χ1) is 9.49. The fourth-order valence-electron chi connectivity index (χ4n) is 2.28. The average Bonchev–Trinajstić information content (AvgIpc) is 2.62. The summed E-state index contributed by atoms with van der Waals surface area (Å²) in [5, 5.41) is 0. The van der Waals surface area contributed by atoms with Crippen molar-refractivity contribution in [2.24, 2.45) is 0 Å². The Bertz CT molecular complexity index is 482. The molecule has 0 spiro atoms. The van der Waals surface area contributed by atoms with Crippen LogP contribution in [0, 0.1) is 13.8 Å². The molecule has 0 unspecified atom stereocenters. The van der Waals surface area contributed by atoms with Gasteiger partial charge >= 0.3 is 11.9 Å². The molecule has 1 heterocycles. The molecule has 0 radical (unpaired) electrons. The number of esters is 2. The van der Waals surface area contributed by atoms with E-state index in [0.29, 0.717) is 26.1 Å². The Kier molecular flexibility index (Phi) is 9.19. The normalized spacial score (nSPS) is 9.90. The van der Waals surface area contributed by atoms with Crippen LogP contribution in [0.25, 0.3) is 0 Å². The molecule has 114 valence electrons. The van der Waals surface area contributed by atoms with Gasteiger partial charge in [0.05, 0.1) is 19.6 Å². The summed E-state index contributed by atoms with van der Waals surface area (Å²) in [7, 11) is 0. The third-order valence-corrected chi connectivity index (χ3v) is 3.16. The monoisotopic (exact) mass is 345 g/mol. The van der Waals surface area contributed by atoms with Crippen LogP contribution in [0.4, 0.5) is 0 Å². The Morgan fingerprint density at radius 2 is 1.48 bits per heavy atom. The van der Waals surface area contributed by atoms with E-state index >= 15 is 0 Å². The van der Waals surface area contributed by atoms with Crippen LogP contribution >= 0.6 is 0 Å². The van der Waals surface area contributed by atoms with Crippen molar-refractivity contribution in [3.63, 3.8) is 0 Å². The van der Waals surface area contributed by atoms with Crippen LogP contribution in [0.1, 0.15) is 42.8 Å². The number of hydrogen-bond acceptors (Lipinski definition) is 4. The molecule has 1 N–H and O–H groups in total. The van der Waals surface area contributed by atoms with Gasteiger partial charge in [-0.15, -0.1) is 0 Å². The number of carbonyl (C=O) groups excluding carboxylic acids is 2. The van der Waals surface area contributed by atoms with Crippen molar-refractivity contribution in [1.29, 1.82) is 0 Å². The molecule has 1 aromatic rings. The summed E-state index contributed by atoms with van der Waals surface area (Å²) in [5.74, 6) is -0.458. The van der Waals surface area contributed by atoms with Crippen molar-refractivity contribution in [1.82, 2.24) is 4.98 Å². The Morgan fingerprint density at radius 1 is 0.952 bits per heavy atom. The predicted octanol–water partition coefficient (Wildman–Crippen LogP) is 2.23. The van der Waals surface area contributed by atoms with E-state index in [4.69, 9.17) is 9.47 Å². The second kappa shape index (κ2) is 9.72. The molecule has 0 amide bonds. The minimum absolute atomic E-state index is 0. The van der Waals surface area contributed by atoms with Crippen LogP contribution in [0.5, 0.6) is 0 Å². The fourth-order valence-corrected chi connectivity index (χ4v) is 2.28. The molecule has 0 aliphatic heterocycles. The molecule has 1 rings (SSSR count). The summed E-state index contributed by atoms with van der Waals surface area (Å²) in [6.45, 7) is 8.21. The number of carbonyl (C=O) groups is 2. The average molecular weight is 347 g/mol. The second-order valence-corrected chi connectivity index (χ2v) is 4.62. The minimum atomic E-state index is -0.244. The predicted molar refractivity (Wildman–Crippen MR) is 75.6 cm³/mol. The van der Waals surface area contributed by atoms with Gasteiger partial charge in [0, 0.05) is 37.3 Å². The molecule has 0 aliphatic rings. The minimum Gasteiger partial charge on any atom is -0.466 e. The molecular weight excluding hydrogens is 324 g/mol. The SMILES string of the molecule is CCOC(=O)CCc1c(C)[nH]c(C)c1CC(=O)OCC.[Zn]. The summed E-state index contributed by atoms with van der Waals surface area (Å²) < 4.78 is 9.91. The van der Waals surface area contributed by atoms with Gasteiger partial charge in [0.1, 0.15) is 0 Å². The van der Waals surface area contributed by atoms with Gasteiger partial charge in [-0.1, -0.05) is 0 Å². The van der Waals surface area contributed by atoms with Crippen LogP contribution in [0.3, 0.4) is 0 Å². The van der Waals surface area contributed by atoms with Gasteiger partial charge in [-0.25, -0.2) is 0 Å². The van der Waals surface area contributed by atoms with Crippen LogP contribution in [-0.2, 0) is 51.4 Å². The Hall–Kier alpha value is -1.16. The van der Waals surface area contributed by atoms with Gasteiger partial charge in [-0.3, -0.25) is 9.59 Å². The van der Waals surface area contributed by atoms with Gasteiger partial charge < -0.3 is 14.5 Å². The molecule has 0 saturated carbocycles. The van der Waals surface area contributed by atoms with E-state index in [1.165, 1.54) is 0 Å². The number of aromatic amines is 1. The van der Waals surface area contributed by atoms with E-state index < -0.39 is 0 Å². The third-order valence-electron chi connectivity index (χ3n) is 3.16. The quantitative estimate of drug-likeness (QED) is 0.607. The van der Waals surface area contributed by atoms with E-state index in [2.05, 4.69) is 4.98 Å². The number of ether oxygens (including phenoxy) is 2. The van der Waals surface area contributed by atoms with Gasteiger partial charge in [-0.2, -0.15) is 0 Å². The third kappa shape index (κ3) is 6.00. The van der Waals surface area contributed by atoms with Gasteiger partial charge in [0.25, 0.3) is 0 Å². The fraction of sp³-hybridized carbons (Fsp3) is 0.600. The molecule has 6 heteroatoms. The summed E-state index contributed by atoms with van der Waals surface area (Å²) in [5.41, 5.74) is 3.90. The molecule has 0 aliphatic carbocycles. The van der Waals surface area contributed by atoms with Crippen molar-refractivity contribution in [2.45, 2.75) is 47.0 Å². The zero-order valence-corrected chi connectivity index (χ0v) is 16.3. The van der Waals surface area contributed by atoms with Crippen molar-refractivity contribution >= 4 is 11.9 Å². The molecule has 1 aromatic heterocycles. The maximum Gasteiger partial charge on any atom is 0.310 e. The second-order valence-electron chi connectivity index (χ2n) is 4.62. The van der Waals surface area contributed by atoms with Crippen LogP contribution in [0.15, 0.2) is 0 Å². The zero-order valence-electron chi connectivity index (χ0n) is 13.4. The largest absolute Gasteiger partial charge is 0.466 e. The van der Waals surface area contributed by atoms with E-state index in [1.807, 2.05) is 13.8 Å². The molecule has 0 bridgehead atoms. The van der Waals surface area contributed by atoms with Crippen molar-refractivity contribution < 1.29 is 38.5 Å². The van der Waals surface area contributed by atoms with Gasteiger partial charge in [-0.05, 0) is 45.2 Å². The van der Waals surface area contributed by atoms with E-state index in [9.17, 15) is 9.59 Å². The van der Waals surface area contributed by atoms with Crippen molar-refractivity contribution in [3.05, 3.63) is 22.5 Å². The Balaban J connectivity index is 0.00000400. The standard InChI is InChI=1S/C15H23NO4.Zn/c1-5-19-14(17)8-7-12-10(3)16-11(4)13(12)9-15(18)20-6-2;/h16H,5-9H2,1-4H3;. The number of rotatable bonds is 7. The Morgan fingerprint density at radius 3 is 2.05 bits per heavy atom.